The minimum Gasteiger partial charge on any atom is -0.489 e. The predicted molar refractivity (Wildman–Crippen MR) is 104 cm³/mol. The maximum Gasteiger partial charge on any atom is 0.151 e. The summed E-state index contributed by atoms with van der Waals surface area (Å²) in [6.07, 6.45) is 3.58. The maximum atomic E-state index is 9.05. The van der Waals surface area contributed by atoms with E-state index in [-0.39, 0.29) is 11.4 Å². The standard InChI is InChI=1S/C21H19N5O/c22-12-20(26-24)21(23)15-6-3-8-18(11-15)27-14-17-5-1-2-9-19(17)16-7-4-10-25-13-16/h1-11,13,26H,14,23-24H2/b21-20-. The molecule has 0 bridgehead atoms. The van der Waals surface area contributed by atoms with E-state index in [1.54, 1.807) is 18.3 Å². The molecule has 0 aliphatic rings. The van der Waals surface area contributed by atoms with Gasteiger partial charge in [0.25, 0.3) is 0 Å². The van der Waals surface area contributed by atoms with Crippen LogP contribution in [0.15, 0.2) is 78.8 Å². The molecule has 2 aromatic carbocycles. The van der Waals surface area contributed by atoms with Crippen LogP contribution in [-0.2, 0) is 6.61 Å². The molecule has 0 spiro atoms. The van der Waals surface area contributed by atoms with Gasteiger partial charge in [0.2, 0.25) is 0 Å². The largest absolute Gasteiger partial charge is 0.489 e. The summed E-state index contributed by atoms with van der Waals surface area (Å²) in [5.41, 5.74) is 12.5. The van der Waals surface area contributed by atoms with E-state index in [4.69, 9.17) is 21.6 Å². The highest BCUT2D eigenvalue weighted by Crippen LogP contribution is 2.25. The fourth-order valence-electron chi connectivity index (χ4n) is 2.68. The number of allylic oxidation sites excluding steroid dienone is 1. The van der Waals surface area contributed by atoms with E-state index in [2.05, 4.69) is 10.4 Å². The molecule has 1 heterocycles. The minimum absolute atomic E-state index is 0.106. The summed E-state index contributed by atoms with van der Waals surface area (Å²) in [4.78, 5) is 4.18. The SMILES string of the molecule is N#C/C(NN)=C(/N)c1cccc(OCc2ccccc2-c2cccnc2)c1. The van der Waals surface area contributed by atoms with Gasteiger partial charge in [-0.05, 0) is 29.3 Å². The van der Waals surface area contributed by atoms with E-state index in [1.165, 1.54) is 0 Å². The van der Waals surface area contributed by atoms with Crippen LogP contribution in [0, 0.1) is 11.3 Å². The molecular formula is C21H19N5O. The lowest BCUT2D eigenvalue weighted by molar-refractivity contribution is 0.306. The van der Waals surface area contributed by atoms with E-state index in [1.807, 2.05) is 60.8 Å². The summed E-state index contributed by atoms with van der Waals surface area (Å²) in [6, 6.07) is 21.1. The third-order valence-electron chi connectivity index (χ3n) is 4.05. The Morgan fingerprint density at radius 3 is 2.70 bits per heavy atom. The molecule has 6 nitrogen and oxygen atoms in total. The molecule has 0 radical (unpaired) electrons. The monoisotopic (exact) mass is 357 g/mol. The molecule has 27 heavy (non-hydrogen) atoms. The van der Waals surface area contributed by atoms with Crippen molar-refractivity contribution in [3.05, 3.63) is 89.9 Å². The third kappa shape index (κ3) is 4.24. The summed E-state index contributed by atoms with van der Waals surface area (Å²) in [5, 5.41) is 9.05. The van der Waals surface area contributed by atoms with Crippen molar-refractivity contribution in [2.75, 3.05) is 0 Å². The van der Waals surface area contributed by atoms with Crippen LogP contribution in [0.2, 0.25) is 0 Å². The van der Waals surface area contributed by atoms with E-state index < -0.39 is 0 Å². The molecule has 0 amide bonds. The van der Waals surface area contributed by atoms with Crippen molar-refractivity contribution in [3.63, 3.8) is 0 Å². The van der Waals surface area contributed by atoms with E-state index in [0.29, 0.717) is 17.9 Å². The second kappa shape index (κ2) is 8.52. The first-order valence-electron chi connectivity index (χ1n) is 8.31. The average Bonchev–Trinajstić information content (AvgIpc) is 2.74. The Labute approximate surface area is 157 Å². The van der Waals surface area contributed by atoms with Crippen LogP contribution in [0.4, 0.5) is 0 Å². The summed E-state index contributed by atoms with van der Waals surface area (Å²) in [5.74, 6) is 5.96. The third-order valence-corrected chi connectivity index (χ3v) is 4.05. The Morgan fingerprint density at radius 2 is 1.96 bits per heavy atom. The quantitative estimate of drug-likeness (QED) is 0.355. The highest BCUT2D eigenvalue weighted by molar-refractivity contribution is 5.69. The van der Waals surface area contributed by atoms with Crippen LogP contribution in [0.5, 0.6) is 5.75 Å². The number of aromatic nitrogens is 1. The van der Waals surface area contributed by atoms with Gasteiger partial charge >= 0.3 is 0 Å². The number of nitrogens with two attached hydrogens (primary N) is 2. The molecule has 0 fully saturated rings. The fourth-order valence-corrected chi connectivity index (χ4v) is 2.68. The zero-order chi connectivity index (χ0) is 19.1. The van der Waals surface area contributed by atoms with Crippen LogP contribution >= 0.6 is 0 Å². The molecule has 1 aromatic heterocycles. The number of benzene rings is 2. The Hall–Kier alpha value is -3.82. The van der Waals surface area contributed by atoms with Crippen molar-refractivity contribution < 1.29 is 4.74 Å². The van der Waals surface area contributed by atoms with Crippen molar-refractivity contribution in [3.8, 4) is 22.9 Å². The second-order valence-electron chi connectivity index (χ2n) is 5.76. The summed E-state index contributed by atoms with van der Waals surface area (Å²) in [7, 11) is 0. The molecule has 3 rings (SSSR count). The zero-order valence-corrected chi connectivity index (χ0v) is 14.6. The second-order valence-corrected chi connectivity index (χ2v) is 5.76. The maximum absolute atomic E-state index is 9.05. The molecule has 3 aromatic rings. The van der Waals surface area contributed by atoms with Gasteiger partial charge in [-0.2, -0.15) is 5.26 Å². The number of hydrogen-bond acceptors (Lipinski definition) is 6. The summed E-state index contributed by atoms with van der Waals surface area (Å²) < 4.78 is 5.96. The van der Waals surface area contributed by atoms with Crippen molar-refractivity contribution in [1.82, 2.24) is 10.4 Å². The number of rotatable bonds is 6. The zero-order valence-electron chi connectivity index (χ0n) is 14.6. The Balaban J connectivity index is 1.82. The Kier molecular flexibility index (Phi) is 5.67. The van der Waals surface area contributed by atoms with Gasteiger partial charge in [-0.15, -0.1) is 0 Å². The van der Waals surface area contributed by atoms with Crippen LogP contribution in [0.25, 0.3) is 16.8 Å². The number of hydrogen-bond donors (Lipinski definition) is 3. The fraction of sp³-hybridized carbons (Fsp3) is 0.0476. The van der Waals surface area contributed by atoms with E-state index in [0.717, 1.165) is 16.7 Å². The van der Waals surface area contributed by atoms with Crippen LogP contribution in [0.3, 0.4) is 0 Å². The average molecular weight is 357 g/mol. The van der Waals surface area contributed by atoms with Crippen molar-refractivity contribution in [2.45, 2.75) is 6.61 Å². The molecule has 0 atom stereocenters. The van der Waals surface area contributed by atoms with Crippen molar-refractivity contribution in [2.24, 2.45) is 11.6 Å². The topological polar surface area (TPSA) is 110 Å². The lowest BCUT2D eigenvalue weighted by Gasteiger charge is -2.12. The van der Waals surface area contributed by atoms with Gasteiger partial charge in [0.1, 0.15) is 18.4 Å². The van der Waals surface area contributed by atoms with Crippen LogP contribution < -0.4 is 21.7 Å². The van der Waals surface area contributed by atoms with Crippen molar-refractivity contribution in [1.29, 1.82) is 5.26 Å². The van der Waals surface area contributed by atoms with Gasteiger partial charge in [-0.25, -0.2) is 5.84 Å². The molecule has 0 unspecified atom stereocenters. The van der Waals surface area contributed by atoms with Crippen LogP contribution in [0.1, 0.15) is 11.1 Å². The highest BCUT2D eigenvalue weighted by atomic mass is 16.5. The smallest absolute Gasteiger partial charge is 0.151 e. The molecule has 0 saturated carbocycles. The van der Waals surface area contributed by atoms with Gasteiger partial charge in [-0.3, -0.25) is 4.98 Å². The lowest BCUT2D eigenvalue weighted by Crippen LogP contribution is -2.23. The normalized spacial score (nSPS) is 11.3. The molecule has 5 N–H and O–H groups in total. The van der Waals surface area contributed by atoms with Crippen molar-refractivity contribution >= 4 is 5.70 Å². The number of nitrogens with one attached hydrogen (secondary N) is 1. The van der Waals surface area contributed by atoms with Gasteiger partial charge in [0.15, 0.2) is 5.70 Å². The number of nitrogens with zero attached hydrogens (tertiary/aromatic N) is 2. The Bertz CT molecular complexity index is 993. The van der Waals surface area contributed by atoms with Gasteiger partial charge < -0.3 is 15.9 Å². The minimum atomic E-state index is 0.106. The number of nitriles is 1. The highest BCUT2D eigenvalue weighted by Gasteiger charge is 2.08. The van der Waals surface area contributed by atoms with Gasteiger partial charge in [-0.1, -0.05) is 42.5 Å². The molecule has 0 aliphatic carbocycles. The van der Waals surface area contributed by atoms with Gasteiger partial charge in [0.05, 0.1) is 5.70 Å². The molecule has 0 saturated heterocycles. The van der Waals surface area contributed by atoms with E-state index in [9.17, 15) is 0 Å². The first kappa shape index (κ1) is 18.0. The number of hydrazine groups is 1. The molecular weight excluding hydrogens is 338 g/mol. The van der Waals surface area contributed by atoms with E-state index >= 15 is 0 Å². The predicted octanol–water partition coefficient (Wildman–Crippen LogP) is 2.94. The van der Waals surface area contributed by atoms with Gasteiger partial charge in [0, 0.05) is 23.5 Å². The summed E-state index contributed by atoms with van der Waals surface area (Å²) in [6.45, 7) is 0.387. The lowest BCUT2D eigenvalue weighted by atomic mass is 10.0. The summed E-state index contributed by atoms with van der Waals surface area (Å²) >= 11 is 0. The molecule has 0 aliphatic heterocycles. The number of pyridine rings is 1. The first-order chi connectivity index (χ1) is 13.2. The number of ether oxygens (including phenoxy) is 1. The first-order valence-corrected chi connectivity index (χ1v) is 8.31. The Morgan fingerprint density at radius 1 is 1.11 bits per heavy atom. The molecule has 6 heteroatoms. The van der Waals surface area contributed by atoms with Crippen LogP contribution in [-0.4, -0.2) is 4.98 Å². The molecule has 134 valence electrons.